The van der Waals surface area contributed by atoms with Crippen LogP contribution >= 0.6 is 23.2 Å². The SMILES string of the molecule is CN(C)CCC1CCN(CCC(O)(c2ccc(-c3ccccc3)cc2)c2ccc(Cl)cc2Cl)CC1. The highest BCUT2D eigenvalue weighted by atomic mass is 35.5. The molecule has 1 unspecified atom stereocenters. The summed E-state index contributed by atoms with van der Waals surface area (Å²) in [5.74, 6) is 0.795. The first-order valence-corrected chi connectivity index (χ1v) is 13.3. The molecule has 0 aliphatic carbocycles. The molecule has 1 heterocycles. The summed E-state index contributed by atoms with van der Waals surface area (Å²) in [6, 6.07) is 23.9. The van der Waals surface area contributed by atoms with Crippen molar-refractivity contribution in [2.45, 2.75) is 31.3 Å². The van der Waals surface area contributed by atoms with Crippen molar-refractivity contribution >= 4 is 23.2 Å². The van der Waals surface area contributed by atoms with Gasteiger partial charge < -0.3 is 14.9 Å². The number of halogens is 2. The largest absolute Gasteiger partial charge is 0.380 e. The maximum atomic E-state index is 12.2. The lowest BCUT2D eigenvalue weighted by Crippen LogP contribution is -2.39. The molecule has 1 N–H and O–H groups in total. The molecule has 3 aromatic rings. The molecule has 3 aromatic carbocycles. The van der Waals surface area contributed by atoms with E-state index in [0.717, 1.165) is 48.8 Å². The Morgan fingerprint density at radius 3 is 2.20 bits per heavy atom. The van der Waals surface area contributed by atoms with Gasteiger partial charge in [-0.3, -0.25) is 0 Å². The fourth-order valence-electron chi connectivity index (χ4n) is 5.09. The van der Waals surface area contributed by atoms with Crippen molar-refractivity contribution < 1.29 is 5.11 Å². The molecule has 1 aliphatic rings. The molecule has 5 heteroatoms. The number of rotatable bonds is 9. The van der Waals surface area contributed by atoms with Gasteiger partial charge in [0, 0.05) is 22.2 Å². The topological polar surface area (TPSA) is 26.7 Å². The van der Waals surface area contributed by atoms with Crippen LogP contribution in [0.25, 0.3) is 11.1 Å². The minimum atomic E-state index is -1.20. The highest BCUT2D eigenvalue weighted by Crippen LogP contribution is 2.39. The Labute approximate surface area is 220 Å². The zero-order valence-electron chi connectivity index (χ0n) is 20.8. The summed E-state index contributed by atoms with van der Waals surface area (Å²) in [6.07, 6.45) is 4.28. The molecule has 0 aromatic heterocycles. The van der Waals surface area contributed by atoms with Gasteiger partial charge in [-0.25, -0.2) is 0 Å². The fourth-order valence-corrected chi connectivity index (χ4v) is 5.65. The summed E-state index contributed by atoms with van der Waals surface area (Å²) in [5.41, 5.74) is 2.64. The Balaban J connectivity index is 1.52. The van der Waals surface area contributed by atoms with Gasteiger partial charge in [0.15, 0.2) is 0 Å². The molecule has 0 bridgehead atoms. The number of hydrogen-bond acceptors (Lipinski definition) is 3. The molecule has 1 atom stereocenters. The predicted molar refractivity (Wildman–Crippen MR) is 148 cm³/mol. The van der Waals surface area contributed by atoms with Gasteiger partial charge in [0.2, 0.25) is 0 Å². The van der Waals surface area contributed by atoms with Crippen molar-refractivity contribution in [2.75, 3.05) is 40.3 Å². The molecule has 1 aliphatic heterocycles. The van der Waals surface area contributed by atoms with E-state index in [4.69, 9.17) is 23.2 Å². The molecule has 0 saturated carbocycles. The third kappa shape index (κ3) is 6.67. The Morgan fingerprint density at radius 1 is 0.914 bits per heavy atom. The zero-order chi connectivity index (χ0) is 24.8. The molecule has 0 radical (unpaired) electrons. The average Bonchev–Trinajstić information content (AvgIpc) is 2.87. The van der Waals surface area contributed by atoms with Crippen LogP contribution in [0.3, 0.4) is 0 Å². The molecule has 0 amide bonds. The molecular formula is C30H36Cl2N2O. The number of piperidine rings is 1. The van der Waals surface area contributed by atoms with Crippen molar-refractivity contribution in [1.82, 2.24) is 9.80 Å². The van der Waals surface area contributed by atoms with Crippen LogP contribution in [-0.4, -0.2) is 55.2 Å². The van der Waals surface area contributed by atoms with Crippen LogP contribution in [0.5, 0.6) is 0 Å². The fraction of sp³-hybridized carbons (Fsp3) is 0.400. The van der Waals surface area contributed by atoms with Crippen molar-refractivity contribution in [3.05, 3.63) is 94.0 Å². The maximum absolute atomic E-state index is 12.2. The molecule has 4 rings (SSSR count). The molecule has 3 nitrogen and oxygen atoms in total. The summed E-state index contributed by atoms with van der Waals surface area (Å²) in [7, 11) is 4.29. The minimum Gasteiger partial charge on any atom is -0.380 e. The van der Waals surface area contributed by atoms with E-state index in [2.05, 4.69) is 48.2 Å². The van der Waals surface area contributed by atoms with Crippen molar-refractivity contribution in [2.24, 2.45) is 5.92 Å². The lowest BCUT2D eigenvalue weighted by Gasteiger charge is -2.36. The lowest BCUT2D eigenvalue weighted by molar-refractivity contribution is 0.0511. The first-order valence-electron chi connectivity index (χ1n) is 12.6. The van der Waals surface area contributed by atoms with Crippen LogP contribution in [0.4, 0.5) is 0 Å². The first-order chi connectivity index (χ1) is 16.8. The normalized spacial score (nSPS) is 17.0. The van der Waals surface area contributed by atoms with Crippen molar-refractivity contribution in [3.63, 3.8) is 0 Å². The highest BCUT2D eigenvalue weighted by Gasteiger charge is 2.34. The average molecular weight is 512 g/mol. The van der Waals surface area contributed by atoms with Crippen LogP contribution in [0.1, 0.15) is 36.8 Å². The Hall–Kier alpha value is -1.88. The summed E-state index contributed by atoms with van der Waals surface area (Å²) >= 11 is 12.8. The Morgan fingerprint density at radius 2 is 1.57 bits per heavy atom. The van der Waals surface area contributed by atoms with E-state index in [9.17, 15) is 5.11 Å². The van der Waals surface area contributed by atoms with E-state index in [0.29, 0.717) is 22.0 Å². The third-order valence-corrected chi connectivity index (χ3v) is 7.88. The van der Waals surface area contributed by atoms with Crippen LogP contribution < -0.4 is 0 Å². The van der Waals surface area contributed by atoms with E-state index >= 15 is 0 Å². The molecule has 0 spiro atoms. The third-order valence-electron chi connectivity index (χ3n) is 7.33. The second-order valence-corrected chi connectivity index (χ2v) is 10.9. The molecule has 186 valence electrons. The van der Waals surface area contributed by atoms with Gasteiger partial charge in [0.05, 0.1) is 0 Å². The second-order valence-electron chi connectivity index (χ2n) is 10.1. The van der Waals surface area contributed by atoms with Gasteiger partial charge >= 0.3 is 0 Å². The van der Waals surface area contributed by atoms with Gasteiger partial charge in [-0.05, 0) is 94.2 Å². The summed E-state index contributed by atoms with van der Waals surface area (Å²) in [6.45, 7) is 4.12. The standard InChI is InChI=1S/C30H36Cl2N2O/c1-33(2)18-14-23-15-19-34(20-16-23)21-17-30(35,28-13-12-27(31)22-29(28)32)26-10-8-25(9-11-26)24-6-4-3-5-7-24/h3-13,22-23,35H,14-21H2,1-2H3. The van der Waals surface area contributed by atoms with Gasteiger partial charge in [-0.15, -0.1) is 0 Å². The predicted octanol–water partition coefficient (Wildman–Crippen LogP) is 6.95. The van der Waals surface area contributed by atoms with Gasteiger partial charge in [-0.2, -0.15) is 0 Å². The van der Waals surface area contributed by atoms with E-state index in [1.165, 1.54) is 19.3 Å². The van der Waals surface area contributed by atoms with Crippen LogP contribution in [0.2, 0.25) is 10.0 Å². The van der Waals surface area contributed by atoms with Crippen LogP contribution in [-0.2, 0) is 5.60 Å². The second kappa shape index (κ2) is 11.9. The number of nitrogens with zero attached hydrogens (tertiary/aromatic N) is 2. The van der Waals surface area contributed by atoms with E-state index < -0.39 is 5.60 Å². The van der Waals surface area contributed by atoms with Gasteiger partial charge in [-0.1, -0.05) is 83.9 Å². The van der Waals surface area contributed by atoms with E-state index in [-0.39, 0.29) is 0 Å². The summed E-state index contributed by atoms with van der Waals surface area (Å²) in [5, 5.41) is 13.2. The summed E-state index contributed by atoms with van der Waals surface area (Å²) in [4.78, 5) is 4.75. The quantitative estimate of drug-likeness (QED) is 0.337. The number of likely N-dealkylation sites (tertiary alicyclic amines) is 1. The van der Waals surface area contributed by atoms with E-state index in [1.807, 2.05) is 42.5 Å². The zero-order valence-corrected chi connectivity index (χ0v) is 22.3. The monoisotopic (exact) mass is 510 g/mol. The maximum Gasteiger partial charge on any atom is 0.117 e. The number of aliphatic hydroxyl groups is 1. The van der Waals surface area contributed by atoms with Crippen molar-refractivity contribution in [1.29, 1.82) is 0 Å². The Kier molecular flexibility index (Phi) is 8.91. The highest BCUT2D eigenvalue weighted by molar-refractivity contribution is 6.35. The van der Waals surface area contributed by atoms with Crippen LogP contribution in [0, 0.1) is 5.92 Å². The minimum absolute atomic E-state index is 0.495. The lowest BCUT2D eigenvalue weighted by atomic mass is 9.82. The van der Waals surface area contributed by atoms with Gasteiger partial charge in [0.1, 0.15) is 5.60 Å². The molecule has 35 heavy (non-hydrogen) atoms. The van der Waals surface area contributed by atoms with E-state index in [1.54, 1.807) is 6.07 Å². The van der Waals surface area contributed by atoms with Crippen LogP contribution in [0.15, 0.2) is 72.8 Å². The molecular weight excluding hydrogens is 475 g/mol. The first kappa shape index (κ1) is 26.2. The van der Waals surface area contributed by atoms with Crippen molar-refractivity contribution in [3.8, 4) is 11.1 Å². The Bertz CT molecular complexity index is 1080. The van der Waals surface area contributed by atoms with Gasteiger partial charge in [0.25, 0.3) is 0 Å². The number of benzene rings is 3. The molecule has 1 fully saturated rings. The number of hydrogen-bond donors (Lipinski definition) is 1. The smallest absolute Gasteiger partial charge is 0.117 e. The molecule has 1 saturated heterocycles. The summed E-state index contributed by atoms with van der Waals surface area (Å²) < 4.78 is 0.